The average Bonchev–Trinajstić information content (AvgIpc) is 2.26. The fraction of sp³-hybridized carbons (Fsp3) is 0.417. The van der Waals surface area contributed by atoms with Gasteiger partial charge in [-0.2, -0.15) is 0 Å². The Bertz CT molecular complexity index is 412. The molecule has 0 saturated carbocycles. The van der Waals surface area contributed by atoms with E-state index in [1.165, 1.54) is 5.01 Å². The molecule has 4 nitrogen and oxygen atoms in total. The summed E-state index contributed by atoms with van der Waals surface area (Å²) in [4.78, 5) is 11.6. The second-order valence-corrected chi connectivity index (χ2v) is 4.08. The zero-order valence-corrected chi connectivity index (χ0v) is 10.7. The second-order valence-electron chi connectivity index (χ2n) is 4.08. The number of anilines is 1. The number of hydrogen-bond acceptors (Lipinski definition) is 3. The summed E-state index contributed by atoms with van der Waals surface area (Å²) in [6.07, 6.45) is 0.752. The predicted molar refractivity (Wildman–Crippen MR) is 66.3 cm³/mol. The SMILES string of the molecule is CCCNc1c(F)cc(C(=O)NN(C)C)cc1F. The summed E-state index contributed by atoms with van der Waals surface area (Å²) in [6.45, 7) is 2.36. The largest absolute Gasteiger partial charge is 0.380 e. The van der Waals surface area contributed by atoms with Gasteiger partial charge in [0.25, 0.3) is 5.91 Å². The summed E-state index contributed by atoms with van der Waals surface area (Å²) in [5.41, 5.74) is 2.17. The number of halogens is 2. The highest BCUT2D eigenvalue weighted by Crippen LogP contribution is 2.20. The van der Waals surface area contributed by atoms with Crippen molar-refractivity contribution >= 4 is 11.6 Å². The van der Waals surface area contributed by atoms with Crippen LogP contribution in [0, 0.1) is 11.6 Å². The molecule has 18 heavy (non-hydrogen) atoms. The Morgan fingerprint density at radius 1 is 1.28 bits per heavy atom. The monoisotopic (exact) mass is 257 g/mol. The Morgan fingerprint density at radius 3 is 2.28 bits per heavy atom. The molecule has 6 heteroatoms. The van der Waals surface area contributed by atoms with Gasteiger partial charge in [-0.05, 0) is 18.6 Å². The van der Waals surface area contributed by atoms with Crippen LogP contribution in [0.5, 0.6) is 0 Å². The maximum atomic E-state index is 13.6. The van der Waals surface area contributed by atoms with Crippen molar-refractivity contribution in [2.75, 3.05) is 26.0 Å². The van der Waals surface area contributed by atoms with Crippen molar-refractivity contribution < 1.29 is 13.6 Å². The summed E-state index contributed by atoms with van der Waals surface area (Å²) in [6, 6.07) is 2.03. The van der Waals surface area contributed by atoms with Crippen LogP contribution in [-0.4, -0.2) is 31.6 Å². The molecule has 0 spiro atoms. The summed E-state index contributed by atoms with van der Waals surface area (Å²) in [5, 5.41) is 4.05. The second kappa shape index (κ2) is 6.30. The van der Waals surface area contributed by atoms with Crippen molar-refractivity contribution in [1.82, 2.24) is 10.4 Å². The van der Waals surface area contributed by atoms with Crippen molar-refractivity contribution in [1.29, 1.82) is 0 Å². The van der Waals surface area contributed by atoms with E-state index in [1.54, 1.807) is 14.1 Å². The molecule has 1 aromatic carbocycles. The molecule has 0 atom stereocenters. The minimum absolute atomic E-state index is 0.0549. The third-order valence-electron chi connectivity index (χ3n) is 2.18. The quantitative estimate of drug-likeness (QED) is 0.793. The molecule has 0 aromatic heterocycles. The van der Waals surface area contributed by atoms with Crippen molar-refractivity contribution in [2.45, 2.75) is 13.3 Å². The molecule has 0 aliphatic heterocycles. The number of benzene rings is 1. The average molecular weight is 257 g/mol. The van der Waals surface area contributed by atoms with Crippen molar-refractivity contribution in [3.8, 4) is 0 Å². The molecule has 1 amide bonds. The van der Waals surface area contributed by atoms with Gasteiger partial charge in [-0.1, -0.05) is 6.92 Å². The molecule has 0 radical (unpaired) electrons. The van der Waals surface area contributed by atoms with Gasteiger partial charge in [0.15, 0.2) is 0 Å². The van der Waals surface area contributed by atoms with Crippen LogP contribution in [0.25, 0.3) is 0 Å². The zero-order chi connectivity index (χ0) is 13.7. The molecular weight excluding hydrogens is 240 g/mol. The van der Waals surface area contributed by atoms with Crippen LogP contribution in [0.1, 0.15) is 23.7 Å². The van der Waals surface area contributed by atoms with Gasteiger partial charge < -0.3 is 5.32 Å². The first-order chi connectivity index (χ1) is 8.45. The number of nitrogens with zero attached hydrogens (tertiary/aromatic N) is 1. The van der Waals surface area contributed by atoms with E-state index in [1.807, 2.05) is 6.92 Å². The van der Waals surface area contributed by atoms with Crippen LogP contribution in [-0.2, 0) is 0 Å². The summed E-state index contributed by atoms with van der Waals surface area (Å²) in [5.74, 6) is -2.10. The van der Waals surface area contributed by atoms with Gasteiger partial charge >= 0.3 is 0 Å². The lowest BCUT2D eigenvalue weighted by molar-refractivity contribution is 0.0856. The number of hydrazine groups is 1. The third-order valence-corrected chi connectivity index (χ3v) is 2.18. The standard InChI is InChI=1S/C12H17F2N3O/c1-4-5-15-11-9(13)6-8(7-10(11)14)12(18)16-17(2)3/h6-7,15H,4-5H2,1-3H3,(H,16,18). The maximum absolute atomic E-state index is 13.6. The Labute approximate surface area is 105 Å². The predicted octanol–water partition coefficient (Wildman–Crippen LogP) is 1.99. The number of carbonyl (C=O) groups is 1. The smallest absolute Gasteiger partial charge is 0.265 e. The van der Waals surface area contributed by atoms with Crippen LogP contribution in [0.4, 0.5) is 14.5 Å². The molecule has 100 valence electrons. The van der Waals surface area contributed by atoms with Gasteiger partial charge in [0.2, 0.25) is 0 Å². The van der Waals surface area contributed by atoms with E-state index >= 15 is 0 Å². The van der Waals surface area contributed by atoms with Crippen LogP contribution in [0.15, 0.2) is 12.1 Å². The summed E-state index contributed by atoms with van der Waals surface area (Å²) in [7, 11) is 3.23. The van der Waals surface area contributed by atoms with Gasteiger partial charge in [0.05, 0.1) is 0 Å². The van der Waals surface area contributed by atoms with E-state index in [9.17, 15) is 13.6 Å². The number of amides is 1. The molecule has 2 N–H and O–H groups in total. The Balaban J connectivity index is 2.95. The van der Waals surface area contributed by atoms with Crippen molar-refractivity contribution in [2.24, 2.45) is 0 Å². The van der Waals surface area contributed by atoms with E-state index in [2.05, 4.69) is 10.7 Å². The van der Waals surface area contributed by atoms with Gasteiger partial charge in [-0.15, -0.1) is 0 Å². The number of carbonyl (C=O) groups excluding carboxylic acids is 1. The van der Waals surface area contributed by atoms with E-state index in [4.69, 9.17) is 0 Å². The molecular formula is C12H17F2N3O. The Hall–Kier alpha value is -1.69. The normalized spacial score (nSPS) is 10.6. The summed E-state index contributed by atoms with van der Waals surface area (Å²) < 4.78 is 27.3. The first kappa shape index (κ1) is 14.4. The lowest BCUT2D eigenvalue weighted by atomic mass is 10.1. The summed E-state index contributed by atoms with van der Waals surface area (Å²) >= 11 is 0. The van der Waals surface area contributed by atoms with Gasteiger partial charge in [-0.3, -0.25) is 10.2 Å². The molecule has 0 aliphatic rings. The fourth-order valence-corrected chi connectivity index (χ4v) is 1.39. The molecule has 0 aliphatic carbocycles. The van der Waals surface area contributed by atoms with E-state index in [0.29, 0.717) is 6.54 Å². The molecule has 0 fully saturated rings. The van der Waals surface area contributed by atoms with E-state index < -0.39 is 17.5 Å². The maximum Gasteiger partial charge on any atom is 0.265 e. The number of hydrogen-bond donors (Lipinski definition) is 2. The topological polar surface area (TPSA) is 44.4 Å². The van der Waals surface area contributed by atoms with Crippen molar-refractivity contribution in [3.05, 3.63) is 29.3 Å². The van der Waals surface area contributed by atoms with E-state index in [0.717, 1.165) is 18.6 Å². The van der Waals surface area contributed by atoms with Crippen LogP contribution in [0.2, 0.25) is 0 Å². The first-order valence-corrected chi connectivity index (χ1v) is 5.67. The number of nitrogens with one attached hydrogen (secondary N) is 2. The zero-order valence-electron chi connectivity index (χ0n) is 10.7. The highest BCUT2D eigenvalue weighted by molar-refractivity contribution is 5.94. The molecule has 0 unspecified atom stereocenters. The number of rotatable bonds is 5. The molecule has 1 aromatic rings. The highest BCUT2D eigenvalue weighted by Gasteiger charge is 2.15. The molecule has 0 saturated heterocycles. The lowest BCUT2D eigenvalue weighted by Gasteiger charge is -2.13. The molecule has 1 rings (SSSR count). The van der Waals surface area contributed by atoms with Gasteiger partial charge in [0.1, 0.15) is 17.3 Å². The minimum Gasteiger partial charge on any atom is -0.380 e. The van der Waals surface area contributed by atoms with Gasteiger partial charge in [-0.25, -0.2) is 13.8 Å². The minimum atomic E-state index is -0.771. The molecule has 0 bridgehead atoms. The Kier molecular flexibility index (Phi) is 5.03. The molecule has 0 heterocycles. The van der Waals surface area contributed by atoms with E-state index in [-0.39, 0.29) is 11.3 Å². The van der Waals surface area contributed by atoms with Crippen LogP contribution < -0.4 is 10.7 Å². The lowest BCUT2D eigenvalue weighted by Crippen LogP contribution is -2.36. The highest BCUT2D eigenvalue weighted by atomic mass is 19.1. The van der Waals surface area contributed by atoms with Crippen LogP contribution in [0.3, 0.4) is 0 Å². The third kappa shape index (κ3) is 3.66. The first-order valence-electron chi connectivity index (χ1n) is 5.67. The van der Waals surface area contributed by atoms with Crippen LogP contribution >= 0.6 is 0 Å². The van der Waals surface area contributed by atoms with Gasteiger partial charge in [0, 0.05) is 26.2 Å². The van der Waals surface area contributed by atoms with Crippen molar-refractivity contribution in [3.63, 3.8) is 0 Å². The Morgan fingerprint density at radius 2 is 1.83 bits per heavy atom. The fourth-order valence-electron chi connectivity index (χ4n) is 1.39.